The Morgan fingerprint density at radius 3 is 2.68 bits per heavy atom. The van der Waals surface area contributed by atoms with Gasteiger partial charge >= 0.3 is 0 Å². The van der Waals surface area contributed by atoms with Crippen LogP contribution in [0.3, 0.4) is 0 Å². The molecule has 0 aliphatic carbocycles. The van der Waals surface area contributed by atoms with Crippen molar-refractivity contribution in [1.82, 2.24) is 9.88 Å². The number of hydrogen-bond acceptors (Lipinski definition) is 7. The Bertz CT molecular complexity index is 1190. The molecule has 1 fully saturated rings. The standard InChI is InChI=1S/C23H25F2N4O2PS2/c24-23(25,32)10-2-9-22(31)11-13-29(14-12-22)20(30)15-5-7-16(8-6-15)28-34-18-4-1-3-17-19(18)27-21(26)33-17/h1-9,28,31H,10-14,32H2,(H2,26,27)/b9-2+. The van der Waals surface area contributed by atoms with Gasteiger partial charge in [-0.3, -0.25) is 4.79 Å². The highest BCUT2D eigenvalue weighted by molar-refractivity contribution is 8.00. The second-order valence-corrected chi connectivity index (χ2v) is 11.0. The summed E-state index contributed by atoms with van der Waals surface area (Å²) in [5.74, 6) is -0.121. The van der Waals surface area contributed by atoms with E-state index in [1.165, 1.54) is 44.7 Å². The first-order chi connectivity index (χ1) is 16.1. The Hall–Kier alpha value is -2.26. The average Bonchev–Trinajstić information content (AvgIpc) is 3.18. The number of hydrogen-bond donors (Lipinski definition) is 3. The zero-order valence-electron chi connectivity index (χ0n) is 18.2. The van der Waals surface area contributed by atoms with Crippen molar-refractivity contribution in [1.29, 1.82) is 0 Å². The number of benzene rings is 2. The van der Waals surface area contributed by atoms with Gasteiger partial charge in [-0.2, -0.15) is 0 Å². The number of nitrogen functional groups attached to an aromatic ring is 1. The minimum Gasteiger partial charge on any atom is -0.386 e. The van der Waals surface area contributed by atoms with Gasteiger partial charge in [-0.15, -0.1) is 0 Å². The minimum absolute atomic E-state index is 0.121. The number of amides is 1. The number of halogens is 2. The van der Waals surface area contributed by atoms with Gasteiger partial charge in [-0.25, -0.2) is 13.8 Å². The van der Waals surface area contributed by atoms with Gasteiger partial charge in [0.15, 0.2) is 5.13 Å². The number of thiazole rings is 1. The lowest BCUT2D eigenvalue weighted by atomic mass is 9.90. The van der Waals surface area contributed by atoms with Crippen LogP contribution in [-0.4, -0.2) is 45.3 Å². The van der Waals surface area contributed by atoms with Crippen molar-refractivity contribution < 1.29 is 18.7 Å². The number of likely N-dealkylation sites (tertiary alicyclic amines) is 1. The van der Waals surface area contributed by atoms with Crippen molar-refractivity contribution in [3.05, 3.63) is 60.2 Å². The van der Waals surface area contributed by atoms with Crippen LogP contribution in [0.15, 0.2) is 59.5 Å². The molecule has 4 N–H and O–H groups in total. The van der Waals surface area contributed by atoms with Gasteiger partial charge in [0.25, 0.3) is 11.6 Å². The Kier molecular flexibility index (Phi) is 7.42. The number of nitrogens with one attached hydrogen (secondary N) is 1. The second-order valence-electron chi connectivity index (χ2n) is 8.20. The molecule has 1 aliphatic rings. The van der Waals surface area contributed by atoms with Crippen molar-refractivity contribution in [2.45, 2.75) is 35.4 Å². The molecule has 3 aromatic rings. The summed E-state index contributed by atoms with van der Waals surface area (Å²) in [6.45, 7) is 0.709. The number of fused-ring (bicyclic) bond motifs is 1. The molecule has 6 nitrogen and oxygen atoms in total. The van der Waals surface area contributed by atoms with E-state index in [1.807, 2.05) is 30.3 Å². The van der Waals surface area contributed by atoms with Gasteiger partial charge in [-0.05, 0) is 61.2 Å². The van der Waals surface area contributed by atoms with Gasteiger partial charge in [0.2, 0.25) is 0 Å². The molecule has 0 spiro atoms. The van der Waals surface area contributed by atoms with E-state index in [0.29, 0.717) is 36.6 Å². The highest BCUT2D eigenvalue weighted by Crippen LogP contribution is 2.33. The summed E-state index contributed by atoms with van der Waals surface area (Å²) >= 11 is 2.87. The number of aromatic nitrogens is 1. The first kappa shape index (κ1) is 24.9. The highest BCUT2D eigenvalue weighted by Gasteiger charge is 2.32. The van der Waals surface area contributed by atoms with E-state index in [9.17, 15) is 18.7 Å². The monoisotopic (exact) mass is 522 g/mol. The molecule has 1 aromatic heterocycles. The summed E-state index contributed by atoms with van der Waals surface area (Å²) in [4.78, 5) is 19.9. The van der Waals surface area contributed by atoms with Gasteiger partial charge in [0.1, 0.15) is 0 Å². The molecule has 34 heavy (non-hydrogen) atoms. The van der Waals surface area contributed by atoms with Crippen LogP contribution >= 0.6 is 32.5 Å². The van der Waals surface area contributed by atoms with Gasteiger partial charge in [0.05, 0.1) is 20.7 Å². The third-order valence-electron chi connectivity index (χ3n) is 5.54. The fourth-order valence-electron chi connectivity index (χ4n) is 3.70. The number of nitrogens with two attached hydrogens (primary N) is 1. The summed E-state index contributed by atoms with van der Waals surface area (Å²) in [6, 6.07) is 13.1. The van der Waals surface area contributed by atoms with Crippen LogP contribution in [0.5, 0.6) is 0 Å². The molecule has 11 heteroatoms. The molecule has 0 saturated carbocycles. The number of anilines is 2. The summed E-state index contributed by atoms with van der Waals surface area (Å²) < 4.78 is 30.2. The van der Waals surface area contributed by atoms with Crippen molar-refractivity contribution >= 4 is 59.5 Å². The molecule has 1 unspecified atom stereocenters. The molecular weight excluding hydrogens is 497 g/mol. The van der Waals surface area contributed by atoms with Crippen molar-refractivity contribution in [3.8, 4) is 0 Å². The van der Waals surface area contributed by atoms with E-state index in [1.54, 1.807) is 17.0 Å². The fraction of sp³-hybridized carbons (Fsp3) is 0.304. The van der Waals surface area contributed by atoms with E-state index in [4.69, 9.17) is 5.73 Å². The maximum atomic E-state index is 12.9. The Balaban J connectivity index is 1.32. The molecule has 2 heterocycles. The van der Waals surface area contributed by atoms with Gasteiger partial charge in [-0.1, -0.05) is 38.8 Å². The normalized spacial score (nSPS) is 16.3. The van der Waals surface area contributed by atoms with Crippen molar-refractivity contribution in [3.63, 3.8) is 0 Å². The first-order valence-corrected chi connectivity index (χ1v) is 12.9. The predicted molar refractivity (Wildman–Crippen MR) is 138 cm³/mol. The van der Waals surface area contributed by atoms with Crippen LogP contribution in [0.1, 0.15) is 29.6 Å². The Morgan fingerprint density at radius 1 is 1.29 bits per heavy atom. The quantitative estimate of drug-likeness (QED) is 0.219. The number of para-hydroxylation sites is 1. The molecule has 1 saturated heterocycles. The summed E-state index contributed by atoms with van der Waals surface area (Å²) in [5.41, 5.74) is 4.02. The number of rotatable bonds is 7. The lowest BCUT2D eigenvalue weighted by Gasteiger charge is -2.36. The van der Waals surface area contributed by atoms with Gasteiger partial charge < -0.3 is 20.5 Å². The smallest absolute Gasteiger partial charge is 0.262 e. The summed E-state index contributed by atoms with van der Waals surface area (Å²) in [7, 11) is 1.48. The maximum absolute atomic E-state index is 12.9. The van der Waals surface area contributed by atoms with E-state index in [2.05, 4.69) is 9.71 Å². The Morgan fingerprint density at radius 2 is 2.00 bits per heavy atom. The van der Waals surface area contributed by atoms with Crippen LogP contribution in [0.4, 0.5) is 19.6 Å². The number of carbonyl (C=O) groups excluding carboxylic acids is 1. The molecular formula is C23H25F2N4O2PS2. The number of piperidine rings is 1. The number of aliphatic hydroxyl groups is 1. The zero-order valence-corrected chi connectivity index (χ0v) is 21.0. The number of alkyl halides is 2. The van der Waals surface area contributed by atoms with Crippen LogP contribution in [0.25, 0.3) is 10.2 Å². The van der Waals surface area contributed by atoms with Crippen LogP contribution in [0.2, 0.25) is 0 Å². The van der Waals surface area contributed by atoms with Gasteiger partial charge in [0, 0.05) is 30.8 Å². The van der Waals surface area contributed by atoms with E-state index < -0.39 is 17.7 Å². The van der Waals surface area contributed by atoms with Crippen LogP contribution in [-0.2, 0) is 0 Å². The first-order valence-electron chi connectivity index (χ1n) is 10.7. The lowest BCUT2D eigenvalue weighted by Crippen LogP contribution is -2.45. The minimum atomic E-state index is -2.88. The molecule has 4 rings (SSSR count). The number of allylic oxidation sites excluding steroid dienone is 1. The molecule has 1 amide bonds. The summed E-state index contributed by atoms with van der Waals surface area (Å²) in [6.07, 6.45) is 2.90. The molecule has 0 bridgehead atoms. The van der Waals surface area contributed by atoms with Crippen LogP contribution in [0, 0.1) is 0 Å². The summed E-state index contributed by atoms with van der Waals surface area (Å²) in [5, 5.41) is 11.1. The third kappa shape index (κ3) is 6.24. The third-order valence-corrected chi connectivity index (χ3v) is 7.52. The molecule has 1 aliphatic heterocycles. The maximum Gasteiger partial charge on any atom is 0.262 e. The molecule has 1 atom stereocenters. The highest BCUT2D eigenvalue weighted by atomic mass is 32.2. The molecule has 2 aromatic carbocycles. The van der Waals surface area contributed by atoms with Crippen molar-refractivity contribution in [2.75, 3.05) is 23.5 Å². The SMILES string of the molecule is Nc1nc2c(SNc3ccc(C(=O)N4CCC(O)(/C=C/CC(F)(F)P)CC4)cc3)cccc2s1. The number of nitrogens with zero attached hydrogens (tertiary/aromatic N) is 2. The average molecular weight is 523 g/mol. The lowest BCUT2D eigenvalue weighted by molar-refractivity contribution is 0.0182. The fourth-order valence-corrected chi connectivity index (χ4v) is 5.42. The molecule has 0 radical (unpaired) electrons. The van der Waals surface area contributed by atoms with E-state index in [0.717, 1.165) is 20.8 Å². The zero-order chi connectivity index (χ0) is 24.3. The second kappa shape index (κ2) is 10.2. The predicted octanol–water partition coefficient (Wildman–Crippen LogP) is 5.38. The molecule has 180 valence electrons. The van der Waals surface area contributed by atoms with Crippen LogP contribution < -0.4 is 10.5 Å². The Labute approximate surface area is 207 Å². The topological polar surface area (TPSA) is 91.5 Å². The van der Waals surface area contributed by atoms with E-state index in [-0.39, 0.29) is 5.91 Å². The number of carbonyl (C=O) groups is 1. The van der Waals surface area contributed by atoms with E-state index >= 15 is 0 Å². The largest absolute Gasteiger partial charge is 0.386 e. The van der Waals surface area contributed by atoms with Crippen molar-refractivity contribution in [2.24, 2.45) is 0 Å².